The van der Waals surface area contributed by atoms with Gasteiger partial charge in [-0.1, -0.05) is 18.3 Å². The lowest BCUT2D eigenvalue weighted by atomic mass is 10.2. The number of likely N-dealkylation sites (N-methyl/N-ethyl adjacent to an activating group) is 1. The molecule has 0 bridgehead atoms. The minimum Gasteiger partial charge on any atom is -0.374 e. The van der Waals surface area contributed by atoms with E-state index < -0.39 is 0 Å². The molecule has 0 aromatic carbocycles. The summed E-state index contributed by atoms with van der Waals surface area (Å²) in [6, 6.07) is 0. The van der Waals surface area contributed by atoms with E-state index in [0.29, 0.717) is 16.7 Å². The number of rotatable bonds is 6. The molecule has 1 aliphatic heterocycles. The maximum Gasteiger partial charge on any atom is 0.282 e. The second-order valence-electron chi connectivity index (χ2n) is 4.54. The fourth-order valence-corrected chi connectivity index (χ4v) is 2.74. The van der Waals surface area contributed by atoms with Gasteiger partial charge >= 0.3 is 0 Å². The highest BCUT2D eigenvalue weighted by atomic mass is 32.1. The maximum absolute atomic E-state index is 12.0. The Bertz CT molecular complexity index is 439. The van der Waals surface area contributed by atoms with Gasteiger partial charge in [0.2, 0.25) is 10.1 Å². The van der Waals surface area contributed by atoms with E-state index in [9.17, 15) is 4.79 Å². The van der Waals surface area contributed by atoms with Crippen molar-refractivity contribution in [2.24, 2.45) is 0 Å². The second kappa shape index (κ2) is 7.51. The Hall–Kier alpha value is -1.25. The van der Waals surface area contributed by atoms with Crippen LogP contribution in [0.3, 0.4) is 0 Å². The summed E-state index contributed by atoms with van der Waals surface area (Å²) < 4.78 is 5.64. The Morgan fingerprint density at radius 3 is 3.10 bits per heavy atom. The van der Waals surface area contributed by atoms with Crippen LogP contribution in [0.1, 0.15) is 23.6 Å². The third-order valence-electron chi connectivity index (χ3n) is 3.11. The molecule has 0 aliphatic carbocycles. The number of amides is 1. The molecule has 1 unspecified atom stereocenters. The Morgan fingerprint density at radius 1 is 1.50 bits per heavy atom. The topological polar surface area (TPSA) is 79.4 Å². The normalized spacial score (nSPS) is 19.8. The molecule has 1 aliphatic rings. The quantitative estimate of drug-likeness (QED) is 0.792. The predicted molar refractivity (Wildman–Crippen MR) is 78.3 cm³/mol. The van der Waals surface area contributed by atoms with E-state index in [-0.39, 0.29) is 12.0 Å². The molecule has 2 rings (SSSR count). The number of aromatic nitrogens is 2. The van der Waals surface area contributed by atoms with Crippen molar-refractivity contribution in [3.8, 4) is 0 Å². The van der Waals surface area contributed by atoms with Crippen molar-refractivity contribution in [1.82, 2.24) is 20.4 Å². The van der Waals surface area contributed by atoms with E-state index in [4.69, 9.17) is 4.74 Å². The van der Waals surface area contributed by atoms with E-state index in [2.05, 4.69) is 32.7 Å². The van der Waals surface area contributed by atoms with E-state index in [1.54, 1.807) is 0 Å². The number of hydrogen-bond acceptors (Lipinski definition) is 7. The first-order valence-corrected chi connectivity index (χ1v) is 7.74. The van der Waals surface area contributed by atoms with Crippen LogP contribution in [-0.2, 0) is 4.74 Å². The van der Waals surface area contributed by atoms with Gasteiger partial charge in [0, 0.05) is 26.2 Å². The standard InChI is InChI=1S/C12H21N5O2S/c1-3-13-12-16-15-11(20-12)10(18)14-7-9-8-17(4-2)5-6-19-9/h9H,3-8H2,1-2H3,(H,13,16)(H,14,18). The van der Waals surface area contributed by atoms with Gasteiger partial charge in [0.25, 0.3) is 5.91 Å². The first-order chi connectivity index (χ1) is 9.72. The summed E-state index contributed by atoms with van der Waals surface area (Å²) in [5, 5.41) is 14.7. The van der Waals surface area contributed by atoms with E-state index >= 15 is 0 Å². The number of hydrogen-bond donors (Lipinski definition) is 2. The van der Waals surface area contributed by atoms with Gasteiger partial charge in [0.15, 0.2) is 0 Å². The van der Waals surface area contributed by atoms with Gasteiger partial charge in [-0.05, 0) is 13.5 Å². The fourth-order valence-electron chi connectivity index (χ4n) is 2.01. The number of nitrogens with zero attached hydrogens (tertiary/aromatic N) is 3. The summed E-state index contributed by atoms with van der Waals surface area (Å²) >= 11 is 1.26. The zero-order valence-electron chi connectivity index (χ0n) is 11.9. The van der Waals surface area contributed by atoms with Gasteiger partial charge in [-0.2, -0.15) is 0 Å². The zero-order valence-corrected chi connectivity index (χ0v) is 12.7. The lowest BCUT2D eigenvalue weighted by Gasteiger charge is -2.31. The van der Waals surface area contributed by atoms with Crippen molar-refractivity contribution >= 4 is 22.4 Å². The molecular formula is C12H21N5O2S. The largest absolute Gasteiger partial charge is 0.374 e. The van der Waals surface area contributed by atoms with E-state index in [1.807, 2.05) is 6.92 Å². The Morgan fingerprint density at radius 2 is 2.35 bits per heavy atom. The predicted octanol–water partition coefficient (Wildman–Crippen LogP) is 0.420. The second-order valence-corrected chi connectivity index (χ2v) is 5.52. The average Bonchev–Trinajstić information content (AvgIpc) is 2.94. The number of morpholine rings is 1. The highest BCUT2D eigenvalue weighted by Gasteiger charge is 2.21. The van der Waals surface area contributed by atoms with Crippen molar-refractivity contribution in [2.75, 3.05) is 44.6 Å². The molecular weight excluding hydrogens is 278 g/mol. The number of carbonyl (C=O) groups is 1. The van der Waals surface area contributed by atoms with Gasteiger partial charge in [-0.25, -0.2) is 0 Å². The van der Waals surface area contributed by atoms with Gasteiger partial charge in [0.1, 0.15) is 0 Å². The molecule has 20 heavy (non-hydrogen) atoms. The zero-order chi connectivity index (χ0) is 14.4. The van der Waals surface area contributed by atoms with Gasteiger partial charge < -0.3 is 15.4 Å². The number of anilines is 1. The van der Waals surface area contributed by atoms with Gasteiger partial charge in [0.05, 0.1) is 12.7 Å². The van der Waals surface area contributed by atoms with E-state index in [1.165, 1.54) is 11.3 Å². The van der Waals surface area contributed by atoms with Crippen LogP contribution >= 0.6 is 11.3 Å². The molecule has 1 aromatic rings. The minimum absolute atomic E-state index is 0.0498. The molecule has 8 heteroatoms. The van der Waals surface area contributed by atoms with Crippen LogP contribution in [0, 0.1) is 0 Å². The third kappa shape index (κ3) is 4.12. The molecule has 1 atom stereocenters. The number of carbonyl (C=O) groups excluding carboxylic acids is 1. The molecule has 2 N–H and O–H groups in total. The lowest BCUT2D eigenvalue weighted by molar-refractivity contribution is -0.0246. The monoisotopic (exact) mass is 299 g/mol. The molecule has 1 saturated heterocycles. The Kier molecular flexibility index (Phi) is 5.69. The summed E-state index contributed by atoms with van der Waals surface area (Å²) in [5.74, 6) is -0.191. The average molecular weight is 299 g/mol. The van der Waals surface area contributed by atoms with Crippen molar-refractivity contribution in [3.05, 3.63) is 5.01 Å². The molecule has 1 fully saturated rings. The van der Waals surface area contributed by atoms with Gasteiger partial charge in [-0.3, -0.25) is 9.69 Å². The van der Waals surface area contributed by atoms with E-state index in [0.717, 1.165) is 32.8 Å². The van der Waals surface area contributed by atoms with Crippen molar-refractivity contribution in [2.45, 2.75) is 20.0 Å². The molecule has 112 valence electrons. The van der Waals surface area contributed by atoms with Crippen LogP contribution in [0.4, 0.5) is 5.13 Å². The highest BCUT2D eigenvalue weighted by molar-refractivity contribution is 7.17. The van der Waals surface area contributed by atoms with Crippen LogP contribution in [0.15, 0.2) is 0 Å². The molecule has 0 radical (unpaired) electrons. The van der Waals surface area contributed by atoms with Crippen molar-refractivity contribution in [1.29, 1.82) is 0 Å². The summed E-state index contributed by atoms with van der Waals surface area (Å²) in [5.41, 5.74) is 0. The number of nitrogens with one attached hydrogen (secondary N) is 2. The van der Waals surface area contributed by atoms with Crippen LogP contribution in [-0.4, -0.2) is 66.4 Å². The van der Waals surface area contributed by atoms with Crippen LogP contribution in [0.2, 0.25) is 0 Å². The third-order valence-corrected chi connectivity index (χ3v) is 3.99. The van der Waals surface area contributed by atoms with Crippen LogP contribution in [0.25, 0.3) is 0 Å². The summed E-state index contributed by atoms with van der Waals surface area (Å²) in [4.78, 5) is 14.3. The smallest absolute Gasteiger partial charge is 0.282 e. The van der Waals surface area contributed by atoms with Gasteiger partial charge in [-0.15, -0.1) is 10.2 Å². The Balaban J connectivity index is 1.79. The molecule has 0 saturated carbocycles. The first-order valence-electron chi connectivity index (χ1n) is 6.92. The summed E-state index contributed by atoms with van der Waals surface area (Å²) in [6.07, 6.45) is 0.0498. The Labute approximate surface area is 122 Å². The molecule has 0 spiro atoms. The molecule has 1 amide bonds. The van der Waals surface area contributed by atoms with Crippen molar-refractivity contribution in [3.63, 3.8) is 0 Å². The SMILES string of the molecule is CCNc1nnc(C(=O)NCC2CN(CC)CCO2)s1. The molecule has 1 aromatic heterocycles. The maximum atomic E-state index is 12.0. The molecule has 7 nitrogen and oxygen atoms in total. The summed E-state index contributed by atoms with van der Waals surface area (Å²) in [7, 11) is 0. The highest BCUT2D eigenvalue weighted by Crippen LogP contribution is 2.14. The van der Waals surface area contributed by atoms with Crippen LogP contribution in [0.5, 0.6) is 0 Å². The van der Waals surface area contributed by atoms with Crippen LogP contribution < -0.4 is 10.6 Å². The first kappa shape index (κ1) is 15.1. The molecule has 2 heterocycles. The number of ether oxygens (including phenoxy) is 1. The minimum atomic E-state index is -0.191. The lowest BCUT2D eigenvalue weighted by Crippen LogP contribution is -2.47. The van der Waals surface area contributed by atoms with Crippen molar-refractivity contribution < 1.29 is 9.53 Å². The fraction of sp³-hybridized carbons (Fsp3) is 0.750. The summed E-state index contributed by atoms with van der Waals surface area (Å²) in [6.45, 7) is 8.92.